The largest absolute Gasteiger partial charge is 0.493 e. The maximum absolute atomic E-state index is 13.5. The maximum Gasteiger partial charge on any atom is 0.254 e. The number of carbonyl (C=O) groups excluding carboxylic acids is 1. The minimum absolute atomic E-state index is 0.0994. The van der Waals surface area contributed by atoms with Gasteiger partial charge in [0.05, 0.1) is 24.3 Å². The van der Waals surface area contributed by atoms with E-state index in [4.69, 9.17) is 26.2 Å². The van der Waals surface area contributed by atoms with Crippen LogP contribution in [-0.4, -0.2) is 65.8 Å². The van der Waals surface area contributed by atoms with E-state index in [-0.39, 0.29) is 17.6 Å². The van der Waals surface area contributed by atoms with Crippen LogP contribution >= 0.6 is 11.6 Å². The van der Waals surface area contributed by atoms with Crippen LogP contribution in [0, 0.1) is 5.41 Å². The number of methoxy groups -OCH3 is 1. The van der Waals surface area contributed by atoms with Gasteiger partial charge >= 0.3 is 0 Å². The molecule has 3 aliphatic heterocycles. The average Bonchev–Trinajstić information content (AvgIpc) is 3.46. The van der Waals surface area contributed by atoms with E-state index in [1.54, 1.807) is 12.1 Å². The Morgan fingerprint density at radius 2 is 1.94 bits per heavy atom. The number of alkyl halides is 1. The molecule has 0 unspecified atom stereocenters. The first-order valence-electron chi connectivity index (χ1n) is 12.0. The molecule has 3 heterocycles. The van der Waals surface area contributed by atoms with Gasteiger partial charge in [-0.15, -0.1) is 11.6 Å². The molecular weight excluding hydrogens is 426 g/mol. The van der Waals surface area contributed by atoms with E-state index in [2.05, 4.69) is 11.0 Å². The SMILES string of the molecule is COc1ccc(C2=NN(C3CCN(CCCl)CC3)C(=O)C2(C)C)c2c1OC1(CCCC1)C2. The molecule has 1 saturated carbocycles. The van der Waals surface area contributed by atoms with Crippen LogP contribution in [0.2, 0.25) is 0 Å². The monoisotopic (exact) mass is 459 g/mol. The number of nitrogens with zero attached hydrogens (tertiary/aromatic N) is 3. The Balaban J connectivity index is 1.48. The Bertz CT molecular complexity index is 931. The quantitative estimate of drug-likeness (QED) is 0.618. The molecule has 174 valence electrons. The van der Waals surface area contributed by atoms with Crippen LogP contribution in [0.25, 0.3) is 0 Å². The van der Waals surface area contributed by atoms with E-state index in [9.17, 15) is 4.79 Å². The highest BCUT2D eigenvalue weighted by atomic mass is 35.5. The highest BCUT2D eigenvalue weighted by Gasteiger charge is 2.50. The fourth-order valence-electron chi connectivity index (χ4n) is 5.96. The first kappa shape index (κ1) is 22.0. The Morgan fingerprint density at radius 3 is 2.59 bits per heavy atom. The zero-order valence-corrected chi connectivity index (χ0v) is 20.2. The third-order valence-electron chi connectivity index (χ3n) is 7.88. The van der Waals surface area contributed by atoms with Gasteiger partial charge in [0, 0.05) is 43.1 Å². The van der Waals surface area contributed by atoms with Crippen molar-refractivity contribution in [1.29, 1.82) is 0 Å². The lowest BCUT2D eigenvalue weighted by atomic mass is 9.80. The van der Waals surface area contributed by atoms with Crippen molar-refractivity contribution < 1.29 is 14.3 Å². The molecular formula is C25H34ClN3O3. The number of piperidine rings is 1. The van der Waals surface area contributed by atoms with Crippen LogP contribution in [0.4, 0.5) is 0 Å². The Morgan fingerprint density at radius 1 is 1.22 bits per heavy atom. The van der Waals surface area contributed by atoms with E-state index in [1.807, 2.05) is 19.9 Å². The average molecular weight is 460 g/mol. The number of ether oxygens (including phenoxy) is 2. The van der Waals surface area contributed by atoms with E-state index in [0.29, 0.717) is 5.88 Å². The van der Waals surface area contributed by atoms with Crippen molar-refractivity contribution in [3.63, 3.8) is 0 Å². The molecule has 1 amide bonds. The van der Waals surface area contributed by atoms with Gasteiger partial charge in [-0.2, -0.15) is 5.10 Å². The molecule has 2 fully saturated rings. The van der Waals surface area contributed by atoms with Crippen molar-refractivity contribution >= 4 is 23.2 Å². The minimum Gasteiger partial charge on any atom is -0.493 e. The number of rotatable bonds is 5. The Hall–Kier alpha value is -1.79. The molecule has 5 rings (SSSR count). The number of fused-ring (bicyclic) bond motifs is 1. The van der Waals surface area contributed by atoms with Crippen molar-refractivity contribution in [2.24, 2.45) is 10.5 Å². The fourth-order valence-corrected chi connectivity index (χ4v) is 6.20. The molecule has 1 aliphatic carbocycles. The molecule has 4 aliphatic rings. The summed E-state index contributed by atoms with van der Waals surface area (Å²) in [6.45, 7) is 6.84. The third kappa shape index (κ3) is 3.50. The van der Waals surface area contributed by atoms with Gasteiger partial charge in [0.2, 0.25) is 0 Å². The Labute approximate surface area is 195 Å². The summed E-state index contributed by atoms with van der Waals surface area (Å²) in [5.74, 6) is 2.38. The van der Waals surface area contributed by atoms with Crippen LogP contribution < -0.4 is 9.47 Å². The summed E-state index contributed by atoms with van der Waals surface area (Å²) in [5.41, 5.74) is 2.28. The molecule has 0 radical (unpaired) electrons. The number of carbonyl (C=O) groups is 1. The number of hydrazone groups is 1. The Kier molecular flexibility index (Phi) is 5.65. The molecule has 6 nitrogen and oxygen atoms in total. The lowest BCUT2D eigenvalue weighted by Gasteiger charge is -2.35. The molecule has 0 aromatic heterocycles. The van der Waals surface area contributed by atoms with Crippen molar-refractivity contribution in [2.75, 3.05) is 32.6 Å². The third-order valence-corrected chi connectivity index (χ3v) is 8.05. The maximum atomic E-state index is 13.5. The number of likely N-dealkylation sites (tertiary alicyclic amines) is 1. The summed E-state index contributed by atoms with van der Waals surface area (Å²) < 4.78 is 12.2. The molecule has 1 saturated heterocycles. The highest BCUT2D eigenvalue weighted by Crippen LogP contribution is 2.51. The molecule has 32 heavy (non-hydrogen) atoms. The first-order chi connectivity index (χ1) is 15.4. The number of amides is 1. The summed E-state index contributed by atoms with van der Waals surface area (Å²) in [4.78, 5) is 15.9. The summed E-state index contributed by atoms with van der Waals surface area (Å²) >= 11 is 5.91. The van der Waals surface area contributed by atoms with Crippen LogP contribution in [-0.2, 0) is 11.2 Å². The molecule has 1 spiro atoms. The highest BCUT2D eigenvalue weighted by molar-refractivity contribution is 6.20. The van der Waals surface area contributed by atoms with E-state index >= 15 is 0 Å². The summed E-state index contributed by atoms with van der Waals surface area (Å²) in [6.07, 6.45) is 7.29. The second kappa shape index (κ2) is 8.21. The van der Waals surface area contributed by atoms with Gasteiger partial charge < -0.3 is 14.4 Å². The molecule has 1 aromatic rings. The van der Waals surface area contributed by atoms with Crippen LogP contribution in [0.5, 0.6) is 11.5 Å². The topological polar surface area (TPSA) is 54.4 Å². The summed E-state index contributed by atoms with van der Waals surface area (Å²) in [6, 6.07) is 4.20. The molecule has 1 aromatic carbocycles. The van der Waals surface area contributed by atoms with Gasteiger partial charge in [-0.1, -0.05) is 0 Å². The predicted octanol–water partition coefficient (Wildman–Crippen LogP) is 4.22. The van der Waals surface area contributed by atoms with Gasteiger partial charge in [0.15, 0.2) is 11.5 Å². The summed E-state index contributed by atoms with van der Waals surface area (Å²) in [7, 11) is 1.69. The minimum atomic E-state index is -0.666. The molecule has 7 heteroatoms. The number of benzene rings is 1. The van der Waals surface area contributed by atoms with Crippen molar-refractivity contribution in [3.8, 4) is 11.5 Å². The zero-order valence-electron chi connectivity index (χ0n) is 19.5. The van der Waals surface area contributed by atoms with Crippen LogP contribution in [0.3, 0.4) is 0 Å². The normalized spacial score (nSPS) is 24.7. The number of hydrogen-bond acceptors (Lipinski definition) is 5. The second-order valence-electron chi connectivity index (χ2n) is 10.3. The van der Waals surface area contributed by atoms with Crippen LogP contribution in [0.15, 0.2) is 17.2 Å². The summed E-state index contributed by atoms with van der Waals surface area (Å²) in [5, 5.41) is 6.78. The first-order valence-corrected chi connectivity index (χ1v) is 12.5. The lowest BCUT2D eigenvalue weighted by molar-refractivity contribution is -0.138. The van der Waals surface area contributed by atoms with Crippen LogP contribution in [0.1, 0.15) is 63.5 Å². The van der Waals surface area contributed by atoms with E-state index < -0.39 is 5.41 Å². The van der Waals surface area contributed by atoms with Crippen molar-refractivity contribution in [2.45, 2.75) is 70.4 Å². The van der Waals surface area contributed by atoms with E-state index in [1.165, 1.54) is 12.8 Å². The van der Waals surface area contributed by atoms with Crippen molar-refractivity contribution in [1.82, 2.24) is 9.91 Å². The van der Waals surface area contributed by atoms with E-state index in [0.717, 1.165) is 80.1 Å². The smallest absolute Gasteiger partial charge is 0.254 e. The number of hydrogen-bond donors (Lipinski definition) is 0. The second-order valence-corrected chi connectivity index (χ2v) is 10.7. The molecule has 0 atom stereocenters. The van der Waals surface area contributed by atoms with Gasteiger partial charge in [-0.3, -0.25) is 4.79 Å². The van der Waals surface area contributed by atoms with Gasteiger partial charge in [0.1, 0.15) is 5.60 Å². The predicted molar refractivity (Wildman–Crippen MR) is 126 cm³/mol. The lowest BCUT2D eigenvalue weighted by Crippen LogP contribution is -2.46. The fraction of sp³-hybridized carbons (Fsp3) is 0.680. The molecule has 0 N–H and O–H groups in total. The van der Waals surface area contributed by atoms with Gasteiger partial charge in [0.25, 0.3) is 5.91 Å². The van der Waals surface area contributed by atoms with Crippen molar-refractivity contribution in [3.05, 3.63) is 23.3 Å². The van der Waals surface area contributed by atoms with Gasteiger partial charge in [-0.05, 0) is 64.5 Å². The zero-order chi connectivity index (χ0) is 22.5. The van der Waals surface area contributed by atoms with Gasteiger partial charge in [-0.25, -0.2) is 5.01 Å². The molecule has 0 bridgehead atoms. The standard InChI is InChI=1S/C25H34ClN3O3/c1-24(2)22(27-29(23(24)30)17-8-13-28(14-9-17)15-12-26)18-6-7-20(31-3)21-19(18)16-25(32-21)10-4-5-11-25/h6-7,17H,4-5,8-16H2,1-3H3. The number of halogens is 1.